The summed E-state index contributed by atoms with van der Waals surface area (Å²) in [5, 5.41) is 5.38. The molecule has 33 heavy (non-hydrogen) atoms. The van der Waals surface area contributed by atoms with Crippen molar-refractivity contribution >= 4 is 57.3 Å². The van der Waals surface area contributed by atoms with Gasteiger partial charge < -0.3 is 14.3 Å². The van der Waals surface area contributed by atoms with Crippen LogP contribution in [0.4, 0.5) is 5.69 Å². The first-order chi connectivity index (χ1) is 15.4. The molecule has 1 aromatic heterocycles. The van der Waals surface area contributed by atoms with Crippen LogP contribution in [0.5, 0.6) is 0 Å². The van der Waals surface area contributed by atoms with Crippen LogP contribution in [0, 0.1) is 6.92 Å². The maximum atomic E-state index is 13.3. The lowest BCUT2D eigenvalue weighted by Gasteiger charge is -2.25. The number of halogens is 2. The highest BCUT2D eigenvalue weighted by atomic mass is 35.5. The van der Waals surface area contributed by atoms with Crippen molar-refractivity contribution in [1.29, 1.82) is 0 Å². The van der Waals surface area contributed by atoms with Gasteiger partial charge in [-0.1, -0.05) is 46.6 Å². The van der Waals surface area contributed by atoms with Gasteiger partial charge in [-0.15, -0.1) is 0 Å². The van der Waals surface area contributed by atoms with Gasteiger partial charge in [-0.3, -0.25) is 8.87 Å². The molecule has 1 heterocycles. The zero-order valence-corrected chi connectivity index (χ0v) is 20.1. The Morgan fingerprint density at radius 3 is 2.24 bits per heavy atom. The van der Waals surface area contributed by atoms with Gasteiger partial charge in [0.05, 0.1) is 10.6 Å². The van der Waals surface area contributed by atoms with Gasteiger partial charge in [0, 0.05) is 22.5 Å². The van der Waals surface area contributed by atoms with Crippen LogP contribution >= 0.6 is 30.8 Å². The van der Waals surface area contributed by atoms with Gasteiger partial charge in [0.2, 0.25) is 11.7 Å². The van der Waals surface area contributed by atoms with Crippen LogP contribution in [0.2, 0.25) is 10.0 Å². The van der Waals surface area contributed by atoms with E-state index in [1.54, 1.807) is 31.2 Å². The lowest BCUT2D eigenvalue weighted by Crippen LogP contribution is -2.32. The minimum absolute atomic E-state index is 0.0603. The Morgan fingerprint density at radius 1 is 1.00 bits per heavy atom. The van der Waals surface area contributed by atoms with Crippen LogP contribution in [0.3, 0.4) is 0 Å². The molecular formula is C20H16Cl2N3O6PS. The summed E-state index contributed by atoms with van der Waals surface area (Å²) in [7, 11) is -9.19. The van der Waals surface area contributed by atoms with Gasteiger partial charge in [-0.2, -0.15) is 4.98 Å². The molecule has 4 rings (SSSR count). The molecular weight excluding hydrogens is 512 g/mol. The maximum absolute atomic E-state index is 13.3. The molecule has 0 saturated heterocycles. The summed E-state index contributed by atoms with van der Waals surface area (Å²) in [6.07, 6.45) is -1.06. The van der Waals surface area contributed by atoms with E-state index in [1.807, 2.05) is 0 Å². The van der Waals surface area contributed by atoms with E-state index in [0.717, 1.165) is 17.5 Å². The number of rotatable bonds is 6. The SMILES string of the molecule is Cc1nc(-c2ccc3cc(N(CP(=O)(O)O)S(=O)(=O)c4cc(Cl)cc(Cl)c4)ccc3c2)no1. The second-order valence-electron chi connectivity index (χ2n) is 7.15. The predicted molar refractivity (Wildman–Crippen MR) is 125 cm³/mol. The van der Waals surface area contributed by atoms with Crippen LogP contribution in [0.25, 0.3) is 22.2 Å². The minimum Gasteiger partial charge on any atom is -0.339 e. The van der Waals surface area contributed by atoms with Crippen molar-refractivity contribution in [3.8, 4) is 11.4 Å². The molecule has 0 aliphatic rings. The fourth-order valence-electron chi connectivity index (χ4n) is 3.21. The van der Waals surface area contributed by atoms with Crippen molar-refractivity contribution in [2.45, 2.75) is 11.8 Å². The zero-order chi connectivity index (χ0) is 24.0. The van der Waals surface area contributed by atoms with E-state index in [2.05, 4.69) is 10.1 Å². The van der Waals surface area contributed by atoms with Gasteiger partial charge in [0.1, 0.15) is 6.29 Å². The highest BCUT2D eigenvalue weighted by molar-refractivity contribution is 7.93. The van der Waals surface area contributed by atoms with Crippen molar-refractivity contribution in [3.05, 3.63) is 70.5 Å². The molecule has 0 fully saturated rings. The molecule has 0 aliphatic heterocycles. The zero-order valence-electron chi connectivity index (χ0n) is 16.9. The van der Waals surface area contributed by atoms with Gasteiger partial charge in [0.25, 0.3) is 10.0 Å². The molecule has 172 valence electrons. The quantitative estimate of drug-likeness (QED) is 0.340. The fourth-order valence-corrected chi connectivity index (χ4v) is 6.62. The number of nitrogens with zero attached hydrogens (tertiary/aromatic N) is 3. The Hall–Kier alpha value is -2.46. The minimum atomic E-state index is -4.78. The highest BCUT2D eigenvalue weighted by Crippen LogP contribution is 2.40. The molecule has 0 spiro atoms. The Morgan fingerprint density at radius 2 is 1.64 bits per heavy atom. The molecule has 9 nitrogen and oxygen atoms in total. The highest BCUT2D eigenvalue weighted by Gasteiger charge is 2.31. The molecule has 0 radical (unpaired) electrons. The molecule has 0 unspecified atom stereocenters. The average Bonchev–Trinajstić information content (AvgIpc) is 3.16. The smallest absolute Gasteiger partial charge is 0.339 e. The Bertz CT molecular complexity index is 1500. The number of hydrogen-bond donors (Lipinski definition) is 2. The second-order valence-corrected chi connectivity index (χ2v) is 11.5. The van der Waals surface area contributed by atoms with E-state index in [9.17, 15) is 22.8 Å². The predicted octanol–water partition coefficient (Wildman–Crippen LogP) is 4.84. The normalized spacial score (nSPS) is 12.3. The summed E-state index contributed by atoms with van der Waals surface area (Å²) in [6, 6.07) is 13.5. The first-order valence-corrected chi connectivity index (χ1v) is 13.3. The number of fused-ring (bicyclic) bond motifs is 1. The number of sulfonamides is 1. The standard InChI is InChI=1S/C20H16Cl2N3O6PS/c1-12-23-20(24-31-12)15-3-2-14-7-18(5-4-13(14)6-15)25(11-32(26,27)28)33(29,30)19-9-16(21)8-17(22)10-19/h2-10H,11H2,1H3,(H2,26,27,28). The van der Waals surface area contributed by atoms with Crippen molar-refractivity contribution < 1.29 is 27.3 Å². The van der Waals surface area contributed by atoms with E-state index in [1.165, 1.54) is 18.2 Å². The largest absolute Gasteiger partial charge is 0.345 e. The first kappa shape index (κ1) is 23.7. The summed E-state index contributed by atoms with van der Waals surface area (Å²) >= 11 is 11.9. The van der Waals surface area contributed by atoms with Gasteiger partial charge in [-0.25, -0.2) is 8.42 Å². The molecule has 4 aromatic rings. The third kappa shape index (κ3) is 5.22. The summed E-state index contributed by atoms with van der Waals surface area (Å²) in [5.41, 5.74) is 0.755. The molecule has 0 amide bonds. The van der Waals surface area contributed by atoms with Crippen LogP contribution in [-0.4, -0.2) is 34.6 Å². The van der Waals surface area contributed by atoms with Gasteiger partial charge in [-0.05, 0) is 47.2 Å². The van der Waals surface area contributed by atoms with Crippen molar-refractivity contribution in [2.24, 2.45) is 0 Å². The van der Waals surface area contributed by atoms with Crippen molar-refractivity contribution in [1.82, 2.24) is 10.1 Å². The van der Waals surface area contributed by atoms with E-state index in [4.69, 9.17) is 27.7 Å². The fraction of sp³-hybridized carbons (Fsp3) is 0.100. The number of hydrogen-bond acceptors (Lipinski definition) is 6. The molecule has 0 bridgehead atoms. The lowest BCUT2D eigenvalue weighted by molar-refractivity contribution is 0.373. The topological polar surface area (TPSA) is 134 Å². The maximum Gasteiger partial charge on any atom is 0.345 e. The third-order valence-electron chi connectivity index (χ3n) is 4.63. The molecule has 13 heteroatoms. The summed E-state index contributed by atoms with van der Waals surface area (Å²) < 4.78 is 44.1. The molecule has 0 atom stereocenters. The van der Waals surface area contributed by atoms with Crippen molar-refractivity contribution in [3.63, 3.8) is 0 Å². The number of benzene rings is 3. The first-order valence-electron chi connectivity index (χ1n) is 9.30. The summed E-state index contributed by atoms with van der Waals surface area (Å²) in [4.78, 5) is 23.0. The van der Waals surface area contributed by atoms with E-state index < -0.39 is 23.9 Å². The van der Waals surface area contributed by atoms with Crippen LogP contribution < -0.4 is 4.31 Å². The van der Waals surface area contributed by atoms with Gasteiger partial charge >= 0.3 is 7.60 Å². The molecule has 2 N–H and O–H groups in total. The summed E-state index contributed by atoms with van der Waals surface area (Å²) in [5.74, 6) is 0.821. The molecule has 3 aromatic carbocycles. The van der Waals surface area contributed by atoms with Crippen LogP contribution in [0.1, 0.15) is 5.89 Å². The van der Waals surface area contributed by atoms with Crippen LogP contribution in [0.15, 0.2) is 64.0 Å². The van der Waals surface area contributed by atoms with E-state index in [-0.39, 0.29) is 20.6 Å². The monoisotopic (exact) mass is 527 g/mol. The molecule has 0 aliphatic carbocycles. The van der Waals surface area contributed by atoms with E-state index >= 15 is 0 Å². The number of aryl methyl sites for hydroxylation is 1. The average molecular weight is 528 g/mol. The summed E-state index contributed by atoms with van der Waals surface area (Å²) in [6.45, 7) is 1.67. The van der Waals surface area contributed by atoms with Gasteiger partial charge in [0.15, 0.2) is 0 Å². The number of anilines is 1. The number of aromatic nitrogens is 2. The third-order valence-corrected chi connectivity index (χ3v) is 7.67. The van der Waals surface area contributed by atoms with Crippen molar-refractivity contribution in [2.75, 3.05) is 10.6 Å². The Labute approximate surface area is 198 Å². The van der Waals surface area contributed by atoms with Crippen LogP contribution in [-0.2, 0) is 14.6 Å². The lowest BCUT2D eigenvalue weighted by atomic mass is 10.1. The second kappa shape index (κ2) is 8.72. The van der Waals surface area contributed by atoms with E-state index in [0.29, 0.717) is 27.0 Å². The molecule has 0 saturated carbocycles. The Balaban J connectivity index is 1.81. The Kier molecular flexibility index (Phi) is 6.26.